The first-order chi connectivity index (χ1) is 10.2. The fourth-order valence-corrected chi connectivity index (χ4v) is 2.92. The third kappa shape index (κ3) is 3.24. The molecule has 1 fully saturated rings. The van der Waals surface area contributed by atoms with E-state index in [1.165, 1.54) is 31.5 Å². The van der Waals surface area contributed by atoms with E-state index in [0.29, 0.717) is 6.04 Å². The summed E-state index contributed by atoms with van der Waals surface area (Å²) in [6, 6.07) is 9.07. The summed E-state index contributed by atoms with van der Waals surface area (Å²) in [7, 11) is 4.18. The quantitative estimate of drug-likeness (QED) is 0.937. The maximum absolute atomic E-state index is 4.13. The third-order valence-corrected chi connectivity index (χ3v) is 4.32. The largest absolute Gasteiger partial charge is 0.383 e. The molecule has 0 saturated carbocycles. The average molecular weight is 285 g/mol. The average Bonchev–Trinajstić information content (AvgIpc) is 2.93. The SMILES string of the molecule is CN1CCCCC1CNc1ccc(-c2nncn2C)cc1. The van der Waals surface area contributed by atoms with E-state index in [1.807, 2.05) is 11.6 Å². The summed E-state index contributed by atoms with van der Waals surface area (Å²) in [5, 5.41) is 11.6. The minimum Gasteiger partial charge on any atom is -0.383 e. The lowest BCUT2D eigenvalue weighted by molar-refractivity contribution is 0.194. The summed E-state index contributed by atoms with van der Waals surface area (Å²) in [6.45, 7) is 2.23. The van der Waals surface area contributed by atoms with E-state index >= 15 is 0 Å². The van der Waals surface area contributed by atoms with Crippen molar-refractivity contribution in [2.24, 2.45) is 7.05 Å². The second-order valence-electron chi connectivity index (χ2n) is 5.85. The van der Waals surface area contributed by atoms with Gasteiger partial charge < -0.3 is 14.8 Å². The van der Waals surface area contributed by atoms with E-state index in [0.717, 1.165) is 17.9 Å². The van der Waals surface area contributed by atoms with Crippen LogP contribution < -0.4 is 5.32 Å². The molecule has 1 atom stereocenters. The molecule has 112 valence electrons. The number of aromatic nitrogens is 3. The Bertz CT molecular complexity index is 575. The first-order valence-corrected chi connectivity index (χ1v) is 7.62. The number of nitrogens with one attached hydrogen (secondary N) is 1. The molecule has 1 saturated heterocycles. The Balaban J connectivity index is 1.61. The van der Waals surface area contributed by atoms with Crippen LogP contribution in [0.15, 0.2) is 30.6 Å². The van der Waals surface area contributed by atoms with E-state index in [4.69, 9.17) is 0 Å². The molecule has 21 heavy (non-hydrogen) atoms. The minimum absolute atomic E-state index is 0.650. The highest BCUT2D eigenvalue weighted by Crippen LogP contribution is 2.20. The predicted octanol–water partition coefficient (Wildman–Crippen LogP) is 2.38. The van der Waals surface area contributed by atoms with Crippen LogP contribution in [0.5, 0.6) is 0 Å². The van der Waals surface area contributed by atoms with E-state index < -0.39 is 0 Å². The molecule has 0 spiro atoms. The zero-order chi connectivity index (χ0) is 14.7. The van der Waals surface area contributed by atoms with Gasteiger partial charge in [-0.1, -0.05) is 6.42 Å². The Morgan fingerprint density at radius 3 is 2.67 bits per heavy atom. The molecule has 2 aromatic rings. The third-order valence-electron chi connectivity index (χ3n) is 4.32. The highest BCUT2D eigenvalue weighted by Gasteiger charge is 2.18. The maximum Gasteiger partial charge on any atom is 0.163 e. The van der Waals surface area contributed by atoms with E-state index in [9.17, 15) is 0 Å². The van der Waals surface area contributed by atoms with Crippen molar-refractivity contribution < 1.29 is 0 Å². The monoisotopic (exact) mass is 285 g/mol. The summed E-state index contributed by atoms with van der Waals surface area (Å²) in [6.07, 6.45) is 5.70. The van der Waals surface area contributed by atoms with Gasteiger partial charge in [-0.15, -0.1) is 10.2 Å². The van der Waals surface area contributed by atoms with Crippen molar-refractivity contribution in [2.45, 2.75) is 25.3 Å². The van der Waals surface area contributed by atoms with Crippen molar-refractivity contribution in [3.05, 3.63) is 30.6 Å². The first kappa shape index (κ1) is 14.1. The van der Waals surface area contributed by atoms with Crippen molar-refractivity contribution >= 4 is 5.69 Å². The van der Waals surface area contributed by atoms with Gasteiger partial charge in [-0.05, 0) is 50.7 Å². The summed E-state index contributed by atoms with van der Waals surface area (Å²) in [5.41, 5.74) is 2.26. The molecule has 1 N–H and O–H groups in total. The van der Waals surface area contributed by atoms with Gasteiger partial charge in [0.2, 0.25) is 0 Å². The van der Waals surface area contributed by atoms with Crippen LogP contribution in [0, 0.1) is 0 Å². The number of anilines is 1. The molecule has 5 nitrogen and oxygen atoms in total. The predicted molar refractivity (Wildman–Crippen MR) is 85.2 cm³/mol. The highest BCUT2D eigenvalue weighted by atomic mass is 15.2. The standard InChI is InChI=1S/C16H23N5/c1-20-10-4-3-5-15(20)11-17-14-8-6-13(7-9-14)16-19-18-12-21(16)2/h6-9,12,15,17H,3-5,10-11H2,1-2H3. The Hall–Kier alpha value is -1.88. The van der Waals surface area contributed by atoms with E-state index in [1.54, 1.807) is 6.33 Å². The molecule has 3 rings (SSSR count). The Morgan fingerprint density at radius 1 is 1.19 bits per heavy atom. The minimum atomic E-state index is 0.650. The molecule has 1 unspecified atom stereocenters. The van der Waals surface area contributed by atoms with Crippen LogP contribution in [0.2, 0.25) is 0 Å². The van der Waals surface area contributed by atoms with E-state index in [-0.39, 0.29) is 0 Å². The van der Waals surface area contributed by atoms with Gasteiger partial charge >= 0.3 is 0 Å². The van der Waals surface area contributed by atoms with Crippen LogP contribution in [0.3, 0.4) is 0 Å². The number of piperidine rings is 1. The van der Waals surface area contributed by atoms with Gasteiger partial charge in [0.1, 0.15) is 6.33 Å². The number of nitrogens with zero attached hydrogens (tertiary/aromatic N) is 4. The van der Waals surface area contributed by atoms with Gasteiger partial charge in [0.05, 0.1) is 0 Å². The normalized spacial score (nSPS) is 19.6. The van der Waals surface area contributed by atoms with Crippen LogP contribution >= 0.6 is 0 Å². The summed E-state index contributed by atoms with van der Waals surface area (Å²) in [4.78, 5) is 2.46. The molecule has 0 radical (unpaired) electrons. The molecular formula is C16H23N5. The molecule has 1 aromatic carbocycles. The summed E-state index contributed by atoms with van der Waals surface area (Å²) in [5.74, 6) is 0.897. The second kappa shape index (κ2) is 6.26. The summed E-state index contributed by atoms with van der Waals surface area (Å²) >= 11 is 0. The van der Waals surface area contributed by atoms with Crippen molar-refractivity contribution in [2.75, 3.05) is 25.5 Å². The van der Waals surface area contributed by atoms with Gasteiger partial charge in [-0.25, -0.2) is 0 Å². The molecule has 0 aliphatic carbocycles. The van der Waals surface area contributed by atoms with E-state index in [2.05, 4.69) is 51.7 Å². The van der Waals surface area contributed by atoms with Gasteiger partial charge in [-0.2, -0.15) is 0 Å². The molecule has 0 amide bonds. The Morgan fingerprint density at radius 2 is 2.00 bits per heavy atom. The fourth-order valence-electron chi connectivity index (χ4n) is 2.92. The number of likely N-dealkylation sites (tertiary alicyclic amines) is 1. The smallest absolute Gasteiger partial charge is 0.163 e. The summed E-state index contributed by atoms with van der Waals surface area (Å²) < 4.78 is 1.93. The van der Waals surface area contributed by atoms with Gasteiger partial charge in [-0.3, -0.25) is 0 Å². The Labute approximate surface area is 126 Å². The number of hydrogen-bond donors (Lipinski definition) is 1. The van der Waals surface area contributed by atoms with Crippen LogP contribution in [-0.2, 0) is 7.05 Å². The van der Waals surface area contributed by atoms with Crippen LogP contribution in [0.25, 0.3) is 11.4 Å². The maximum atomic E-state index is 4.13. The Kier molecular flexibility index (Phi) is 4.20. The van der Waals surface area contributed by atoms with Gasteiger partial charge in [0.15, 0.2) is 5.82 Å². The topological polar surface area (TPSA) is 46.0 Å². The number of aryl methyl sites for hydroxylation is 1. The molecule has 5 heteroatoms. The number of likely N-dealkylation sites (N-methyl/N-ethyl adjacent to an activating group) is 1. The number of hydrogen-bond acceptors (Lipinski definition) is 4. The second-order valence-corrected chi connectivity index (χ2v) is 5.85. The molecular weight excluding hydrogens is 262 g/mol. The lowest BCUT2D eigenvalue weighted by atomic mass is 10.0. The number of rotatable bonds is 4. The molecule has 1 aliphatic heterocycles. The zero-order valence-corrected chi connectivity index (χ0v) is 12.8. The van der Waals surface area contributed by atoms with Crippen molar-refractivity contribution in [3.8, 4) is 11.4 Å². The first-order valence-electron chi connectivity index (χ1n) is 7.62. The van der Waals surface area contributed by atoms with Crippen molar-refractivity contribution in [1.82, 2.24) is 19.7 Å². The van der Waals surface area contributed by atoms with Gasteiger partial charge in [0.25, 0.3) is 0 Å². The van der Waals surface area contributed by atoms with Crippen molar-refractivity contribution in [3.63, 3.8) is 0 Å². The van der Waals surface area contributed by atoms with Crippen LogP contribution in [-0.4, -0.2) is 45.8 Å². The number of benzene rings is 1. The van der Waals surface area contributed by atoms with Gasteiger partial charge in [0, 0.05) is 30.9 Å². The molecule has 1 aromatic heterocycles. The fraction of sp³-hybridized carbons (Fsp3) is 0.500. The van der Waals surface area contributed by atoms with Crippen LogP contribution in [0.4, 0.5) is 5.69 Å². The molecule has 0 bridgehead atoms. The highest BCUT2D eigenvalue weighted by molar-refractivity contribution is 5.59. The molecule has 1 aliphatic rings. The molecule has 2 heterocycles. The lowest BCUT2D eigenvalue weighted by Gasteiger charge is -2.32. The zero-order valence-electron chi connectivity index (χ0n) is 12.8. The van der Waals surface area contributed by atoms with Crippen LogP contribution in [0.1, 0.15) is 19.3 Å². The van der Waals surface area contributed by atoms with Crippen molar-refractivity contribution in [1.29, 1.82) is 0 Å². The lowest BCUT2D eigenvalue weighted by Crippen LogP contribution is -2.40.